The zero-order valence-corrected chi connectivity index (χ0v) is 56.7. The zero-order valence-electron chi connectivity index (χ0n) is 56.7. The van der Waals surface area contributed by atoms with E-state index >= 15 is 0 Å². The van der Waals surface area contributed by atoms with Crippen molar-refractivity contribution in [3.8, 4) is 101 Å². The van der Waals surface area contributed by atoms with Crippen LogP contribution in [0.1, 0.15) is 136 Å². The number of pyridine rings is 3. The molecule has 0 radical (unpaired) electrons. The van der Waals surface area contributed by atoms with Gasteiger partial charge in [-0.15, -0.1) is 0 Å². The minimum Gasteiger partial charge on any atom is -0.256 e. The molecule has 3 aromatic heterocycles. The van der Waals surface area contributed by atoms with E-state index in [2.05, 4.69) is 346 Å². The molecular formula is C101H63N3. The quantitative estimate of drug-likeness (QED) is 0.145. The van der Waals surface area contributed by atoms with Crippen LogP contribution in [0.5, 0.6) is 0 Å². The molecule has 13 aromatic carbocycles. The normalized spacial score (nSPS) is 20.8. The van der Waals surface area contributed by atoms with E-state index in [1.165, 1.54) is 128 Å². The van der Waals surface area contributed by atoms with Gasteiger partial charge in [0.25, 0.3) is 0 Å². The topological polar surface area (TPSA) is 38.7 Å². The Morgan fingerprint density at radius 1 is 0.173 bits per heavy atom. The Hall–Kier alpha value is -12.7. The summed E-state index contributed by atoms with van der Waals surface area (Å²) in [4.78, 5) is 15.8. The number of fused-ring (bicyclic) bond motifs is 14. The summed E-state index contributed by atoms with van der Waals surface area (Å²) in [6.45, 7) is 0. The van der Waals surface area contributed by atoms with Crippen LogP contribution in [0, 0.1) is 0 Å². The van der Waals surface area contributed by atoms with E-state index in [0.29, 0.717) is 23.7 Å². The third-order valence-electron chi connectivity index (χ3n) is 25.8. The van der Waals surface area contributed by atoms with Crippen LogP contribution >= 0.6 is 0 Å². The second-order valence-corrected chi connectivity index (χ2v) is 30.2. The van der Waals surface area contributed by atoms with E-state index in [1.807, 2.05) is 0 Å². The molecule has 25 rings (SSSR count). The molecule has 6 atom stereocenters. The van der Waals surface area contributed by atoms with Crippen molar-refractivity contribution in [1.29, 1.82) is 0 Å². The van der Waals surface area contributed by atoms with Crippen LogP contribution in [0.3, 0.4) is 0 Å². The highest BCUT2D eigenvalue weighted by atomic mass is 14.8. The Morgan fingerprint density at radius 3 is 0.856 bits per heavy atom. The summed E-state index contributed by atoms with van der Waals surface area (Å²) in [5, 5.41) is 0. The summed E-state index contributed by atoms with van der Waals surface area (Å²) in [5.74, 6) is 1.78. The van der Waals surface area contributed by atoms with Gasteiger partial charge in [-0.3, -0.25) is 15.0 Å². The van der Waals surface area contributed by atoms with E-state index in [0.717, 1.165) is 72.7 Å². The molecule has 0 amide bonds. The van der Waals surface area contributed by atoms with Gasteiger partial charge in [0.2, 0.25) is 0 Å². The van der Waals surface area contributed by atoms with Crippen molar-refractivity contribution in [2.75, 3.05) is 0 Å². The maximum Gasteiger partial charge on any atom is 0.0705 e. The lowest BCUT2D eigenvalue weighted by Crippen LogP contribution is -2.52. The lowest BCUT2D eigenvalue weighted by molar-refractivity contribution is 0.331. The van der Waals surface area contributed by atoms with Crippen LogP contribution in [-0.4, -0.2) is 15.0 Å². The van der Waals surface area contributed by atoms with E-state index in [1.54, 1.807) is 0 Å². The summed E-state index contributed by atoms with van der Waals surface area (Å²) in [6.07, 6.45) is 6.56. The number of benzene rings is 13. The molecule has 9 aliphatic rings. The minimum atomic E-state index is -0.0115. The smallest absolute Gasteiger partial charge is 0.0705 e. The summed E-state index contributed by atoms with van der Waals surface area (Å²) in [5.41, 5.74) is 46.0. The van der Waals surface area contributed by atoms with Gasteiger partial charge in [0.1, 0.15) is 0 Å². The predicted molar refractivity (Wildman–Crippen MR) is 418 cm³/mol. The van der Waals surface area contributed by atoms with Gasteiger partial charge in [-0.1, -0.05) is 291 Å². The van der Waals surface area contributed by atoms with Crippen LogP contribution in [0.2, 0.25) is 0 Å². The first kappa shape index (κ1) is 57.0. The Morgan fingerprint density at radius 2 is 0.442 bits per heavy atom. The Balaban J connectivity index is 0.597. The van der Waals surface area contributed by atoms with Crippen molar-refractivity contribution in [3.63, 3.8) is 0 Å². The van der Waals surface area contributed by atoms with Crippen molar-refractivity contribution in [2.45, 2.75) is 46.3 Å². The van der Waals surface area contributed by atoms with Gasteiger partial charge >= 0.3 is 0 Å². The van der Waals surface area contributed by atoms with Crippen molar-refractivity contribution < 1.29 is 0 Å². The van der Waals surface area contributed by atoms with Crippen LogP contribution in [-0.2, 0) is 10.8 Å². The average molecular weight is 1320 g/mol. The first-order chi connectivity index (χ1) is 51.6. The highest BCUT2D eigenvalue weighted by Gasteiger charge is 2.71. The molecule has 9 aliphatic carbocycles. The number of hydrogen-bond acceptors (Lipinski definition) is 3. The lowest BCUT2D eigenvalue weighted by atomic mass is 9.43. The maximum atomic E-state index is 5.27. The lowest BCUT2D eigenvalue weighted by Gasteiger charge is -2.58. The maximum absolute atomic E-state index is 5.27. The highest BCUT2D eigenvalue weighted by Crippen LogP contribution is 2.79. The molecule has 482 valence electrons. The minimum absolute atomic E-state index is 0.0112. The molecule has 3 heterocycles. The molecule has 6 unspecified atom stereocenters. The fourth-order valence-corrected chi connectivity index (χ4v) is 21.7. The zero-order chi connectivity index (χ0) is 67.7. The van der Waals surface area contributed by atoms with Gasteiger partial charge in [0.05, 0.1) is 17.1 Å². The van der Waals surface area contributed by atoms with Gasteiger partial charge in [0.15, 0.2) is 0 Å². The predicted octanol–water partition coefficient (Wildman–Crippen LogP) is 23.6. The fraction of sp³-hybridized carbons (Fsp3) is 0.0792. The number of hydrogen-bond donors (Lipinski definition) is 0. The van der Waals surface area contributed by atoms with Gasteiger partial charge in [-0.2, -0.15) is 0 Å². The van der Waals surface area contributed by atoms with E-state index in [9.17, 15) is 0 Å². The van der Waals surface area contributed by atoms with Crippen LogP contribution in [0.15, 0.2) is 346 Å². The van der Waals surface area contributed by atoms with E-state index in [-0.39, 0.29) is 22.7 Å². The monoisotopic (exact) mass is 1320 g/mol. The molecule has 3 heteroatoms. The fourth-order valence-electron chi connectivity index (χ4n) is 21.7. The van der Waals surface area contributed by atoms with Gasteiger partial charge in [-0.25, -0.2) is 0 Å². The highest BCUT2D eigenvalue weighted by molar-refractivity contribution is 5.95. The molecule has 0 N–H and O–H groups in total. The molecule has 0 saturated carbocycles. The molecule has 3 nitrogen and oxygen atoms in total. The average Bonchev–Trinajstić information content (AvgIpc) is 1.43. The third kappa shape index (κ3) is 7.38. The largest absolute Gasteiger partial charge is 0.256 e. The van der Waals surface area contributed by atoms with Crippen molar-refractivity contribution in [3.05, 3.63) is 446 Å². The van der Waals surface area contributed by atoms with Crippen LogP contribution < -0.4 is 0 Å². The second-order valence-electron chi connectivity index (χ2n) is 30.2. The Labute approximate surface area is 604 Å². The molecule has 0 saturated heterocycles. The molecule has 2 bridgehead atoms. The van der Waals surface area contributed by atoms with Gasteiger partial charge < -0.3 is 0 Å². The molecule has 16 aromatic rings. The van der Waals surface area contributed by atoms with E-state index < -0.39 is 0 Å². The van der Waals surface area contributed by atoms with Crippen molar-refractivity contribution in [1.82, 2.24) is 15.0 Å². The molecule has 0 aliphatic heterocycles. The SMILES string of the molecule is c1ccc(-c2cc(-c3ccccc3-c3ccc(-c4cc5c(cn4)C4c6ccccc6C46c4ccccc4C56)cc3)cc(-c3ccccc3-c3ccc(-c4cc5c(cn4)C46c7ccccc7C4c4ccccc4C56)cc3)c2)c(-c2ccc(-c3cc4c(cn3)C3c5ccccc5C4c4ccccc43)cc2)c1. The summed E-state index contributed by atoms with van der Waals surface area (Å²) >= 11 is 0. The van der Waals surface area contributed by atoms with Crippen molar-refractivity contribution >= 4 is 0 Å². The Kier molecular flexibility index (Phi) is 11.5. The summed E-state index contributed by atoms with van der Waals surface area (Å²) in [6, 6.07) is 123. The number of rotatable bonds is 9. The summed E-state index contributed by atoms with van der Waals surface area (Å²) in [7, 11) is 0. The first-order valence-corrected chi connectivity index (χ1v) is 36.9. The standard InChI is InChI=1S/C101H63N3/c1-4-22-70(67(19-1)58-37-43-61(44-38-58)91-52-82-85(55-102-91)95-75-27-9-7-25-73(75)94(82)74-26-8-10-28-76(74)95)64-49-65(71-23-5-2-20-68(71)59-39-45-62(46-40-59)92-53-83-86(56-103-92)99-81-33-15-17-35-88(81)100(99)87-34-16-14-32-80(87)98(83)100)51-66(50-64)72-24-6-3-21-69(72)60-41-47-63(48-42-60)93-54-84-90(57-104-93)101-89-36-18-13-31-79(89)96(101)77-29-11-12-30-78(77)97(84)101/h1-57,94-99H. The van der Waals surface area contributed by atoms with Crippen LogP contribution in [0.4, 0.5) is 0 Å². The van der Waals surface area contributed by atoms with Gasteiger partial charge in [0, 0.05) is 81.6 Å². The van der Waals surface area contributed by atoms with Crippen LogP contribution in [0.25, 0.3) is 101 Å². The summed E-state index contributed by atoms with van der Waals surface area (Å²) < 4.78 is 0. The Bertz CT molecular complexity index is 6360. The third-order valence-corrected chi connectivity index (χ3v) is 25.8. The first-order valence-electron chi connectivity index (χ1n) is 36.9. The van der Waals surface area contributed by atoms with E-state index in [4.69, 9.17) is 15.0 Å². The molecule has 0 fully saturated rings. The van der Waals surface area contributed by atoms with Gasteiger partial charge in [-0.05, 0) is 203 Å². The molecule has 2 spiro atoms. The molecule has 104 heavy (non-hydrogen) atoms. The number of aromatic nitrogens is 3. The second kappa shape index (κ2) is 21.0. The van der Waals surface area contributed by atoms with Crippen molar-refractivity contribution in [2.24, 2.45) is 0 Å². The number of nitrogens with zero attached hydrogens (tertiary/aromatic N) is 3. The molecular weight excluding hydrogens is 1260 g/mol.